The number of anilines is 1. The quantitative estimate of drug-likeness (QED) is 0.821. The predicted octanol–water partition coefficient (Wildman–Crippen LogP) is 3.82. The molecule has 1 aromatic carbocycles. The lowest BCUT2D eigenvalue weighted by molar-refractivity contribution is 0.631. The Kier molecular flexibility index (Phi) is 3.72. The molecule has 0 amide bonds. The minimum atomic E-state index is -0.232. The Morgan fingerprint density at radius 3 is 2.88 bits per heavy atom. The Balaban J connectivity index is 2.18. The smallest absolute Gasteiger partial charge is 0.161 e. The Bertz CT molecular complexity index is 445. The van der Waals surface area contributed by atoms with Gasteiger partial charge in [0.15, 0.2) is 5.17 Å². The van der Waals surface area contributed by atoms with Crippen LogP contribution in [0.25, 0.3) is 0 Å². The normalized spacial score (nSPS) is 24.4. The van der Waals surface area contributed by atoms with Gasteiger partial charge in [0.25, 0.3) is 0 Å². The van der Waals surface area contributed by atoms with E-state index >= 15 is 0 Å². The second kappa shape index (κ2) is 5.08. The van der Waals surface area contributed by atoms with Crippen molar-refractivity contribution in [3.8, 4) is 0 Å². The van der Waals surface area contributed by atoms with Crippen LogP contribution in [0, 0.1) is 12.7 Å². The maximum Gasteiger partial charge on any atom is 0.161 e. The summed E-state index contributed by atoms with van der Waals surface area (Å²) in [4.78, 5) is 4.50. The summed E-state index contributed by atoms with van der Waals surface area (Å²) < 4.78 is 13.6. The molecule has 17 heavy (non-hydrogen) atoms. The predicted molar refractivity (Wildman–Crippen MR) is 73.3 cm³/mol. The molecule has 0 aliphatic carbocycles. The number of benzene rings is 1. The molecule has 1 aliphatic heterocycles. The molecule has 92 valence electrons. The number of hydrogen-bond acceptors (Lipinski definition) is 3. The Labute approximate surface area is 106 Å². The van der Waals surface area contributed by atoms with Gasteiger partial charge in [0.05, 0.1) is 11.7 Å². The molecule has 0 saturated carbocycles. The lowest BCUT2D eigenvalue weighted by atomic mass is 10.2. The van der Waals surface area contributed by atoms with Crippen LogP contribution in [0.4, 0.5) is 10.1 Å². The summed E-state index contributed by atoms with van der Waals surface area (Å²) in [6, 6.07) is 5.37. The molecule has 1 N–H and O–H groups in total. The van der Waals surface area contributed by atoms with E-state index in [1.807, 2.05) is 13.0 Å². The lowest BCUT2D eigenvalue weighted by Crippen LogP contribution is -2.23. The zero-order chi connectivity index (χ0) is 12.4. The second-order valence-electron chi connectivity index (χ2n) is 4.56. The van der Waals surface area contributed by atoms with Crippen molar-refractivity contribution in [1.29, 1.82) is 0 Å². The van der Waals surface area contributed by atoms with Crippen molar-refractivity contribution in [1.82, 2.24) is 0 Å². The van der Waals surface area contributed by atoms with Crippen molar-refractivity contribution in [2.24, 2.45) is 4.99 Å². The van der Waals surface area contributed by atoms with Gasteiger partial charge in [-0.3, -0.25) is 4.99 Å². The van der Waals surface area contributed by atoms with E-state index in [0.717, 1.165) is 17.2 Å². The lowest BCUT2D eigenvalue weighted by Gasteiger charge is -2.23. The molecule has 2 unspecified atom stereocenters. The SMILES string of the molecule is Cc1ccc(F)c(NC2=NC(C)CC(C)S2)c1. The molecule has 1 heterocycles. The highest BCUT2D eigenvalue weighted by atomic mass is 32.2. The van der Waals surface area contributed by atoms with Crippen LogP contribution >= 0.6 is 11.8 Å². The van der Waals surface area contributed by atoms with Gasteiger partial charge in [0.2, 0.25) is 0 Å². The average molecular weight is 252 g/mol. The third-order valence-electron chi connectivity index (χ3n) is 2.69. The highest BCUT2D eigenvalue weighted by Gasteiger charge is 2.19. The fourth-order valence-corrected chi connectivity index (χ4v) is 3.08. The van der Waals surface area contributed by atoms with Crippen molar-refractivity contribution in [3.05, 3.63) is 29.6 Å². The minimum Gasteiger partial charge on any atom is -0.333 e. The van der Waals surface area contributed by atoms with Gasteiger partial charge in [-0.15, -0.1) is 0 Å². The number of amidine groups is 1. The fourth-order valence-electron chi connectivity index (χ4n) is 1.91. The van der Waals surface area contributed by atoms with E-state index in [2.05, 4.69) is 24.2 Å². The molecule has 2 rings (SSSR count). The van der Waals surface area contributed by atoms with Gasteiger partial charge in [0.1, 0.15) is 5.82 Å². The van der Waals surface area contributed by atoms with Crippen LogP contribution in [0.2, 0.25) is 0 Å². The van der Waals surface area contributed by atoms with Gasteiger partial charge in [-0.25, -0.2) is 4.39 Å². The number of thioether (sulfide) groups is 1. The third kappa shape index (κ3) is 3.22. The molecule has 2 nitrogen and oxygen atoms in total. The van der Waals surface area contributed by atoms with E-state index in [1.54, 1.807) is 17.8 Å². The summed E-state index contributed by atoms with van der Waals surface area (Å²) >= 11 is 1.67. The van der Waals surface area contributed by atoms with E-state index < -0.39 is 0 Å². The topological polar surface area (TPSA) is 24.4 Å². The first-order chi connectivity index (χ1) is 8.04. The van der Waals surface area contributed by atoms with Crippen LogP contribution in [-0.4, -0.2) is 16.5 Å². The number of halogens is 1. The van der Waals surface area contributed by atoms with Crippen LogP contribution < -0.4 is 5.32 Å². The molecule has 4 heteroatoms. The molecule has 0 saturated heterocycles. The highest BCUT2D eigenvalue weighted by molar-refractivity contribution is 8.14. The Morgan fingerprint density at radius 1 is 1.41 bits per heavy atom. The van der Waals surface area contributed by atoms with E-state index in [9.17, 15) is 4.39 Å². The summed E-state index contributed by atoms with van der Waals surface area (Å²) in [7, 11) is 0. The van der Waals surface area contributed by atoms with Crippen LogP contribution in [0.1, 0.15) is 25.8 Å². The van der Waals surface area contributed by atoms with Crippen LogP contribution in [-0.2, 0) is 0 Å². The number of nitrogens with one attached hydrogen (secondary N) is 1. The van der Waals surface area contributed by atoms with Gasteiger partial charge < -0.3 is 5.32 Å². The first-order valence-electron chi connectivity index (χ1n) is 5.82. The Morgan fingerprint density at radius 2 is 2.18 bits per heavy atom. The number of aryl methyl sites for hydroxylation is 1. The van der Waals surface area contributed by atoms with Crippen molar-refractivity contribution in [3.63, 3.8) is 0 Å². The summed E-state index contributed by atoms with van der Waals surface area (Å²) in [5.74, 6) is -0.232. The number of nitrogens with zero attached hydrogens (tertiary/aromatic N) is 1. The molecule has 2 atom stereocenters. The van der Waals surface area contributed by atoms with Crippen molar-refractivity contribution >= 4 is 22.6 Å². The van der Waals surface area contributed by atoms with Crippen LogP contribution in [0.3, 0.4) is 0 Å². The zero-order valence-corrected chi connectivity index (χ0v) is 11.1. The molecule has 1 aromatic rings. The second-order valence-corrected chi connectivity index (χ2v) is 5.98. The molecular weight excluding hydrogens is 235 g/mol. The molecule has 1 aliphatic rings. The highest BCUT2D eigenvalue weighted by Crippen LogP contribution is 2.27. The summed E-state index contributed by atoms with van der Waals surface area (Å²) in [6.07, 6.45) is 1.08. The molecule has 0 aromatic heterocycles. The maximum atomic E-state index is 13.6. The number of rotatable bonds is 1. The molecule has 0 fully saturated rings. The standard InChI is InChI=1S/C13H17FN2S/c1-8-4-5-11(14)12(6-8)16-13-15-9(2)7-10(3)17-13/h4-6,9-10H,7H2,1-3H3,(H,15,16). The maximum absolute atomic E-state index is 13.6. The van der Waals surface area contributed by atoms with Crippen molar-refractivity contribution in [2.45, 2.75) is 38.5 Å². The molecule has 0 bridgehead atoms. The zero-order valence-electron chi connectivity index (χ0n) is 10.3. The van der Waals surface area contributed by atoms with Gasteiger partial charge in [-0.2, -0.15) is 0 Å². The van der Waals surface area contributed by atoms with Crippen molar-refractivity contribution < 1.29 is 4.39 Å². The van der Waals surface area contributed by atoms with Gasteiger partial charge in [-0.1, -0.05) is 24.8 Å². The van der Waals surface area contributed by atoms with Crippen LogP contribution in [0.5, 0.6) is 0 Å². The Hall–Kier alpha value is -1.03. The summed E-state index contributed by atoms with van der Waals surface area (Å²) in [5, 5.41) is 4.43. The first-order valence-corrected chi connectivity index (χ1v) is 6.70. The fraction of sp³-hybridized carbons (Fsp3) is 0.462. The van der Waals surface area contributed by atoms with E-state index in [0.29, 0.717) is 17.0 Å². The summed E-state index contributed by atoms with van der Waals surface area (Å²) in [6.45, 7) is 6.21. The van der Waals surface area contributed by atoms with Gasteiger partial charge in [-0.05, 0) is 38.0 Å². The van der Waals surface area contributed by atoms with Crippen LogP contribution in [0.15, 0.2) is 23.2 Å². The number of aliphatic imine (C=N–C) groups is 1. The van der Waals surface area contributed by atoms with E-state index in [4.69, 9.17) is 0 Å². The molecular formula is C13H17FN2S. The monoisotopic (exact) mass is 252 g/mol. The largest absolute Gasteiger partial charge is 0.333 e. The molecule has 0 spiro atoms. The third-order valence-corrected chi connectivity index (χ3v) is 3.71. The van der Waals surface area contributed by atoms with Gasteiger partial charge >= 0.3 is 0 Å². The van der Waals surface area contributed by atoms with Crippen molar-refractivity contribution in [2.75, 3.05) is 5.32 Å². The minimum absolute atomic E-state index is 0.232. The number of hydrogen-bond donors (Lipinski definition) is 1. The average Bonchev–Trinajstić information content (AvgIpc) is 2.22. The van der Waals surface area contributed by atoms with E-state index in [-0.39, 0.29) is 5.82 Å². The van der Waals surface area contributed by atoms with Gasteiger partial charge in [0, 0.05) is 5.25 Å². The van der Waals surface area contributed by atoms with E-state index in [1.165, 1.54) is 6.07 Å². The first kappa shape index (κ1) is 12.4. The summed E-state index contributed by atoms with van der Waals surface area (Å²) in [5.41, 5.74) is 1.55. The molecule has 0 radical (unpaired) electrons.